The van der Waals surface area contributed by atoms with Crippen LogP contribution in [0.3, 0.4) is 0 Å². The molecule has 110 valence electrons. The van der Waals surface area contributed by atoms with Crippen LogP contribution in [0, 0.1) is 16.0 Å². The van der Waals surface area contributed by atoms with Gasteiger partial charge in [-0.2, -0.15) is 0 Å². The van der Waals surface area contributed by atoms with Crippen LogP contribution in [0.25, 0.3) is 0 Å². The minimum atomic E-state index is -0.686. The molecule has 0 aliphatic carbocycles. The molecule has 1 saturated heterocycles. The lowest BCUT2D eigenvalue weighted by Gasteiger charge is -2.19. The van der Waals surface area contributed by atoms with Crippen LogP contribution in [0.5, 0.6) is 0 Å². The zero-order valence-electron chi connectivity index (χ0n) is 12.1. The van der Waals surface area contributed by atoms with Crippen molar-refractivity contribution in [3.8, 4) is 0 Å². The predicted octanol–water partition coefficient (Wildman–Crippen LogP) is 3.27. The van der Waals surface area contributed by atoms with E-state index >= 15 is 0 Å². The average Bonchev–Trinajstić information content (AvgIpc) is 2.86. The quantitative estimate of drug-likeness (QED) is 0.663. The van der Waals surface area contributed by atoms with Crippen molar-refractivity contribution in [3.05, 3.63) is 33.9 Å². The molecule has 1 aliphatic rings. The first kappa shape index (κ1) is 14.8. The summed E-state index contributed by atoms with van der Waals surface area (Å²) in [6, 6.07) is 5.04. The third kappa shape index (κ3) is 3.10. The normalized spacial score (nSPS) is 20.1. The molecule has 1 N–H and O–H groups in total. The zero-order chi connectivity index (χ0) is 14.7. The van der Waals surface area contributed by atoms with Gasteiger partial charge < -0.3 is 10.0 Å². The summed E-state index contributed by atoms with van der Waals surface area (Å²) in [5.74, 6) is 0.635. The summed E-state index contributed by atoms with van der Waals surface area (Å²) < 4.78 is 0. The lowest BCUT2D eigenvalue weighted by molar-refractivity contribution is -0.384. The van der Waals surface area contributed by atoms with Crippen LogP contribution in [0.1, 0.15) is 44.8 Å². The monoisotopic (exact) mass is 278 g/mol. The Morgan fingerprint density at radius 1 is 1.55 bits per heavy atom. The molecule has 0 bridgehead atoms. The molecule has 2 atom stereocenters. The summed E-state index contributed by atoms with van der Waals surface area (Å²) in [5.41, 5.74) is 1.36. The maximum atomic E-state index is 11.3. The van der Waals surface area contributed by atoms with Crippen LogP contribution in [0.15, 0.2) is 18.2 Å². The fourth-order valence-corrected chi connectivity index (χ4v) is 2.91. The number of nitro benzene ring substituents is 1. The van der Waals surface area contributed by atoms with Gasteiger partial charge in [0.15, 0.2) is 0 Å². The van der Waals surface area contributed by atoms with Gasteiger partial charge in [-0.05, 0) is 37.3 Å². The Labute approximate surface area is 119 Å². The Morgan fingerprint density at radius 2 is 2.30 bits per heavy atom. The second kappa shape index (κ2) is 6.22. The Bertz CT molecular complexity index is 488. The summed E-state index contributed by atoms with van der Waals surface area (Å²) in [4.78, 5) is 13.0. The highest BCUT2D eigenvalue weighted by Gasteiger charge is 2.27. The summed E-state index contributed by atoms with van der Waals surface area (Å²) >= 11 is 0. The Hall–Kier alpha value is -1.62. The van der Waals surface area contributed by atoms with Gasteiger partial charge in [0.1, 0.15) is 5.69 Å². The Balaban J connectivity index is 2.25. The molecule has 20 heavy (non-hydrogen) atoms. The summed E-state index contributed by atoms with van der Waals surface area (Å²) in [5, 5.41) is 20.8. The highest BCUT2D eigenvalue weighted by molar-refractivity contribution is 5.65. The molecule has 1 unspecified atom stereocenters. The van der Waals surface area contributed by atoms with Gasteiger partial charge in [-0.1, -0.05) is 19.4 Å². The van der Waals surface area contributed by atoms with Crippen LogP contribution in [0.2, 0.25) is 0 Å². The van der Waals surface area contributed by atoms with Gasteiger partial charge in [-0.25, -0.2) is 0 Å². The van der Waals surface area contributed by atoms with Crippen molar-refractivity contribution >= 4 is 11.4 Å². The molecule has 1 fully saturated rings. The van der Waals surface area contributed by atoms with E-state index in [-0.39, 0.29) is 10.6 Å². The number of anilines is 1. The number of nitro groups is 1. The number of aliphatic hydroxyl groups excluding tert-OH is 1. The average molecular weight is 278 g/mol. The number of nitrogens with zero attached hydrogens (tertiary/aromatic N) is 2. The minimum absolute atomic E-state index is 0.0977. The molecule has 1 aromatic rings. The molecule has 5 heteroatoms. The van der Waals surface area contributed by atoms with Crippen molar-refractivity contribution in [2.45, 2.75) is 39.2 Å². The van der Waals surface area contributed by atoms with Crippen molar-refractivity contribution in [1.82, 2.24) is 0 Å². The lowest BCUT2D eigenvalue weighted by Crippen LogP contribution is -2.20. The molecular formula is C15H22N2O3. The molecular weight excluding hydrogens is 256 g/mol. The number of rotatable bonds is 5. The van der Waals surface area contributed by atoms with E-state index in [2.05, 4.69) is 11.8 Å². The van der Waals surface area contributed by atoms with Crippen LogP contribution in [-0.4, -0.2) is 23.1 Å². The van der Waals surface area contributed by atoms with Gasteiger partial charge >= 0.3 is 0 Å². The maximum absolute atomic E-state index is 11.3. The molecule has 0 aromatic heterocycles. The minimum Gasteiger partial charge on any atom is -0.389 e. The van der Waals surface area contributed by atoms with Gasteiger partial charge in [-0.3, -0.25) is 10.1 Å². The lowest BCUT2D eigenvalue weighted by atomic mass is 10.0. The molecule has 0 amide bonds. The summed E-state index contributed by atoms with van der Waals surface area (Å²) in [6.07, 6.45) is 2.75. The fourth-order valence-electron chi connectivity index (χ4n) is 2.91. The smallest absolute Gasteiger partial charge is 0.292 e. The number of hydrogen-bond acceptors (Lipinski definition) is 4. The molecule has 0 saturated carbocycles. The topological polar surface area (TPSA) is 66.6 Å². The SMILES string of the molecule is CCCC1CCN(c2ccc([C@@H](C)O)cc2[N+](=O)[O-])C1. The number of hydrogen-bond donors (Lipinski definition) is 1. The van der Waals surface area contributed by atoms with Gasteiger partial charge in [0.05, 0.1) is 11.0 Å². The Kier molecular flexibility index (Phi) is 4.60. The van der Waals surface area contributed by atoms with Crippen molar-refractivity contribution in [1.29, 1.82) is 0 Å². The van der Waals surface area contributed by atoms with Crippen LogP contribution in [-0.2, 0) is 0 Å². The van der Waals surface area contributed by atoms with E-state index in [4.69, 9.17) is 0 Å². The first-order valence-corrected chi connectivity index (χ1v) is 7.24. The first-order chi connectivity index (χ1) is 9.52. The maximum Gasteiger partial charge on any atom is 0.292 e. The molecule has 2 rings (SSSR count). The molecule has 0 spiro atoms. The Morgan fingerprint density at radius 3 is 2.90 bits per heavy atom. The number of aliphatic hydroxyl groups is 1. The van der Waals surface area contributed by atoms with Gasteiger partial charge in [0, 0.05) is 19.2 Å². The highest BCUT2D eigenvalue weighted by Crippen LogP contribution is 2.35. The summed E-state index contributed by atoms with van der Waals surface area (Å²) in [6.45, 7) is 5.55. The van der Waals surface area contributed by atoms with Crippen LogP contribution < -0.4 is 4.90 Å². The molecule has 0 radical (unpaired) electrons. The molecule has 1 heterocycles. The van der Waals surface area contributed by atoms with E-state index in [1.165, 1.54) is 12.5 Å². The standard InChI is InChI=1S/C15H22N2O3/c1-3-4-12-7-8-16(10-12)14-6-5-13(11(2)18)9-15(14)17(19)20/h5-6,9,11-12,18H,3-4,7-8,10H2,1-2H3/t11-,12?/m1/s1. The van der Waals surface area contributed by atoms with E-state index in [0.717, 1.165) is 25.9 Å². The molecule has 1 aromatic carbocycles. The van der Waals surface area contributed by atoms with Gasteiger partial charge in [-0.15, -0.1) is 0 Å². The third-order valence-corrected chi connectivity index (χ3v) is 4.00. The third-order valence-electron chi connectivity index (χ3n) is 4.00. The van der Waals surface area contributed by atoms with E-state index in [1.54, 1.807) is 19.1 Å². The molecule has 1 aliphatic heterocycles. The van der Waals surface area contributed by atoms with E-state index in [9.17, 15) is 15.2 Å². The van der Waals surface area contributed by atoms with Crippen LogP contribution >= 0.6 is 0 Å². The van der Waals surface area contributed by atoms with E-state index in [0.29, 0.717) is 17.2 Å². The van der Waals surface area contributed by atoms with Crippen molar-refractivity contribution in [3.63, 3.8) is 0 Å². The number of benzene rings is 1. The molecule has 5 nitrogen and oxygen atoms in total. The van der Waals surface area contributed by atoms with Gasteiger partial charge in [0.2, 0.25) is 0 Å². The van der Waals surface area contributed by atoms with Crippen molar-refractivity contribution < 1.29 is 10.0 Å². The van der Waals surface area contributed by atoms with Crippen molar-refractivity contribution in [2.75, 3.05) is 18.0 Å². The summed E-state index contributed by atoms with van der Waals surface area (Å²) in [7, 11) is 0. The van der Waals surface area contributed by atoms with Crippen molar-refractivity contribution in [2.24, 2.45) is 5.92 Å². The van der Waals surface area contributed by atoms with E-state index in [1.807, 2.05) is 0 Å². The largest absolute Gasteiger partial charge is 0.389 e. The zero-order valence-corrected chi connectivity index (χ0v) is 12.1. The first-order valence-electron chi connectivity index (χ1n) is 7.24. The second-order valence-electron chi connectivity index (χ2n) is 5.57. The van der Waals surface area contributed by atoms with E-state index < -0.39 is 6.10 Å². The van der Waals surface area contributed by atoms with Crippen LogP contribution in [0.4, 0.5) is 11.4 Å². The second-order valence-corrected chi connectivity index (χ2v) is 5.57. The fraction of sp³-hybridized carbons (Fsp3) is 0.600. The predicted molar refractivity (Wildman–Crippen MR) is 79.0 cm³/mol. The highest BCUT2D eigenvalue weighted by atomic mass is 16.6. The van der Waals surface area contributed by atoms with Gasteiger partial charge in [0.25, 0.3) is 5.69 Å².